The Morgan fingerprint density at radius 2 is 1.57 bits per heavy atom. The molecule has 23 heavy (non-hydrogen) atoms. The summed E-state index contributed by atoms with van der Waals surface area (Å²) in [5, 5.41) is 0. The zero-order chi connectivity index (χ0) is 16.9. The minimum Gasteiger partial charge on any atom is -0.466 e. The van der Waals surface area contributed by atoms with Crippen molar-refractivity contribution in [2.45, 2.75) is 25.4 Å². The van der Waals surface area contributed by atoms with E-state index in [1.165, 1.54) is 12.1 Å². The van der Waals surface area contributed by atoms with Gasteiger partial charge in [0.05, 0.1) is 18.6 Å². The number of hydrogen-bond donors (Lipinski definition) is 0. The number of halogens is 3. The van der Waals surface area contributed by atoms with E-state index >= 15 is 0 Å². The summed E-state index contributed by atoms with van der Waals surface area (Å²) in [6.07, 6.45) is -4.29. The van der Waals surface area contributed by atoms with Crippen LogP contribution in [0.2, 0.25) is 0 Å². The molecule has 0 spiro atoms. The average molecular weight is 322 g/mol. The van der Waals surface area contributed by atoms with Crippen LogP contribution < -0.4 is 0 Å². The Hall–Kier alpha value is -2.30. The van der Waals surface area contributed by atoms with Gasteiger partial charge >= 0.3 is 12.1 Å². The van der Waals surface area contributed by atoms with Crippen molar-refractivity contribution in [1.29, 1.82) is 0 Å². The Labute approximate surface area is 132 Å². The second-order valence-corrected chi connectivity index (χ2v) is 5.09. The van der Waals surface area contributed by atoms with E-state index in [1.807, 2.05) is 30.3 Å². The van der Waals surface area contributed by atoms with Crippen molar-refractivity contribution in [1.82, 2.24) is 0 Å². The molecule has 2 aromatic carbocycles. The first-order valence-electron chi connectivity index (χ1n) is 7.29. The van der Waals surface area contributed by atoms with E-state index in [0.717, 1.165) is 17.7 Å². The third-order valence-corrected chi connectivity index (χ3v) is 3.52. The number of hydrogen-bond acceptors (Lipinski definition) is 2. The number of rotatable bonds is 5. The standard InChI is InChI=1S/C18H17F3O2/c1-2-23-17(22)12-16(13-6-4-3-5-7-13)14-8-10-15(11-9-14)18(19,20)21/h3-11,16H,2,12H2,1H3/t16-/m0/s1. The molecular weight excluding hydrogens is 305 g/mol. The van der Waals surface area contributed by atoms with Gasteiger partial charge in [-0.3, -0.25) is 4.79 Å². The Morgan fingerprint density at radius 3 is 2.09 bits per heavy atom. The Bertz CT molecular complexity index is 634. The van der Waals surface area contributed by atoms with Gasteiger partial charge < -0.3 is 4.74 Å². The molecule has 0 radical (unpaired) electrons. The zero-order valence-electron chi connectivity index (χ0n) is 12.6. The second-order valence-electron chi connectivity index (χ2n) is 5.09. The molecule has 2 nitrogen and oxygen atoms in total. The third kappa shape index (κ3) is 4.58. The van der Waals surface area contributed by atoms with Crippen LogP contribution in [0.15, 0.2) is 54.6 Å². The zero-order valence-corrected chi connectivity index (χ0v) is 12.6. The molecule has 0 N–H and O–H groups in total. The Morgan fingerprint density at radius 1 is 1.00 bits per heavy atom. The SMILES string of the molecule is CCOC(=O)C[C@@H](c1ccccc1)c1ccc(C(F)(F)F)cc1. The molecule has 0 fully saturated rings. The van der Waals surface area contributed by atoms with Gasteiger partial charge in [-0.2, -0.15) is 13.2 Å². The fourth-order valence-electron chi connectivity index (χ4n) is 2.40. The molecule has 0 aliphatic heterocycles. The molecule has 5 heteroatoms. The molecule has 122 valence electrons. The molecule has 0 saturated carbocycles. The number of benzene rings is 2. The molecule has 0 bridgehead atoms. The predicted molar refractivity (Wildman–Crippen MR) is 81.0 cm³/mol. The minimum atomic E-state index is -4.37. The van der Waals surface area contributed by atoms with Crippen LogP contribution >= 0.6 is 0 Å². The van der Waals surface area contributed by atoms with E-state index in [-0.39, 0.29) is 24.9 Å². The van der Waals surface area contributed by atoms with Crippen LogP contribution in [0.5, 0.6) is 0 Å². The van der Waals surface area contributed by atoms with E-state index in [1.54, 1.807) is 6.92 Å². The van der Waals surface area contributed by atoms with Gasteiger partial charge in [0.25, 0.3) is 0 Å². The lowest BCUT2D eigenvalue weighted by atomic mass is 9.88. The fraction of sp³-hybridized carbons (Fsp3) is 0.278. The summed E-state index contributed by atoms with van der Waals surface area (Å²) in [6, 6.07) is 14.1. The van der Waals surface area contributed by atoms with Crippen LogP contribution in [0.4, 0.5) is 13.2 Å². The molecule has 1 atom stereocenters. The molecule has 0 saturated heterocycles. The number of esters is 1. The summed E-state index contributed by atoms with van der Waals surface area (Å²) in [6.45, 7) is 1.99. The van der Waals surface area contributed by atoms with Gasteiger partial charge in [-0.25, -0.2) is 0 Å². The van der Waals surface area contributed by atoms with Crippen LogP contribution in [-0.2, 0) is 15.7 Å². The first kappa shape index (κ1) is 17.1. The first-order chi connectivity index (χ1) is 10.9. The lowest BCUT2D eigenvalue weighted by Crippen LogP contribution is -2.12. The highest BCUT2D eigenvalue weighted by Gasteiger charge is 2.30. The second kappa shape index (κ2) is 7.31. The van der Waals surface area contributed by atoms with Gasteiger partial charge in [0.15, 0.2) is 0 Å². The van der Waals surface area contributed by atoms with Gasteiger partial charge in [0.1, 0.15) is 0 Å². The van der Waals surface area contributed by atoms with Crippen molar-refractivity contribution in [2.24, 2.45) is 0 Å². The molecule has 0 unspecified atom stereocenters. The van der Waals surface area contributed by atoms with Crippen molar-refractivity contribution >= 4 is 5.97 Å². The fourth-order valence-corrected chi connectivity index (χ4v) is 2.40. The van der Waals surface area contributed by atoms with Crippen LogP contribution in [0, 0.1) is 0 Å². The smallest absolute Gasteiger partial charge is 0.416 e. The number of ether oxygens (including phenoxy) is 1. The predicted octanol–water partition coefficient (Wildman–Crippen LogP) is 4.79. The summed E-state index contributed by atoms with van der Waals surface area (Å²) in [7, 11) is 0. The molecule has 0 aliphatic carbocycles. The van der Waals surface area contributed by atoms with Gasteiger partial charge in [-0.15, -0.1) is 0 Å². The monoisotopic (exact) mass is 322 g/mol. The summed E-state index contributed by atoms with van der Waals surface area (Å²) in [5.41, 5.74) is 0.807. The van der Waals surface area contributed by atoms with E-state index in [2.05, 4.69) is 0 Å². The van der Waals surface area contributed by atoms with Crippen LogP contribution in [0.25, 0.3) is 0 Å². The molecule has 2 aromatic rings. The van der Waals surface area contributed by atoms with Crippen molar-refractivity contribution in [3.63, 3.8) is 0 Å². The van der Waals surface area contributed by atoms with E-state index in [4.69, 9.17) is 4.74 Å². The number of carbonyl (C=O) groups excluding carboxylic acids is 1. The Kier molecular flexibility index (Phi) is 5.42. The summed E-state index contributed by atoms with van der Waals surface area (Å²) in [4.78, 5) is 11.8. The van der Waals surface area contributed by atoms with E-state index in [9.17, 15) is 18.0 Å². The van der Waals surface area contributed by atoms with Crippen LogP contribution in [0.1, 0.15) is 36.0 Å². The highest BCUT2D eigenvalue weighted by atomic mass is 19.4. The van der Waals surface area contributed by atoms with E-state index in [0.29, 0.717) is 5.56 Å². The molecule has 0 amide bonds. The lowest BCUT2D eigenvalue weighted by molar-refractivity contribution is -0.143. The van der Waals surface area contributed by atoms with Gasteiger partial charge in [-0.05, 0) is 30.2 Å². The maximum absolute atomic E-state index is 12.7. The molecule has 0 aromatic heterocycles. The highest BCUT2D eigenvalue weighted by molar-refractivity contribution is 5.71. The first-order valence-corrected chi connectivity index (χ1v) is 7.29. The normalized spacial score (nSPS) is 12.7. The molecule has 0 aliphatic rings. The van der Waals surface area contributed by atoms with Crippen molar-refractivity contribution in [2.75, 3.05) is 6.61 Å². The van der Waals surface area contributed by atoms with Crippen LogP contribution in [-0.4, -0.2) is 12.6 Å². The van der Waals surface area contributed by atoms with E-state index < -0.39 is 11.7 Å². The average Bonchev–Trinajstić information content (AvgIpc) is 2.53. The quantitative estimate of drug-likeness (QED) is 0.740. The Balaban J connectivity index is 2.32. The van der Waals surface area contributed by atoms with Crippen molar-refractivity contribution in [3.05, 3.63) is 71.3 Å². The van der Waals surface area contributed by atoms with Crippen molar-refractivity contribution < 1.29 is 22.7 Å². The highest BCUT2D eigenvalue weighted by Crippen LogP contribution is 2.33. The summed E-state index contributed by atoms with van der Waals surface area (Å²) in [5.74, 6) is -0.709. The number of carbonyl (C=O) groups is 1. The molecule has 2 rings (SSSR count). The molecular formula is C18H17F3O2. The van der Waals surface area contributed by atoms with Gasteiger partial charge in [0.2, 0.25) is 0 Å². The van der Waals surface area contributed by atoms with Gasteiger partial charge in [-0.1, -0.05) is 42.5 Å². The molecule has 0 heterocycles. The minimum absolute atomic E-state index is 0.0865. The topological polar surface area (TPSA) is 26.3 Å². The van der Waals surface area contributed by atoms with Crippen LogP contribution in [0.3, 0.4) is 0 Å². The summed E-state index contributed by atoms with van der Waals surface area (Å²) < 4.78 is 43.0. The van der Waals surface area contributed by atoms with Gasteiger partial charge in [0, 0.05) is 5.92 Å². The largest absolute Gasteiger partial charge is 0.466 e. The van der Waals surface area contributed by atoms with Crippen molar-refractivity contribution in [3.8, 4) is 0 Å². The summed E-state index contributed by atoms with van der Waals surface area (Å²) >= 11 is 0. The lowest BCUT2D eigenvalue weighted by Gasteiger charge is -2.18. The maximum Gasteiger partial charge on any atom is 0.416 e. The third-order valence-electron chi connectivity index (χ3n) is 3.52. The maximum atomic E-state index is 12.7. The number of alkyl halides is 3.